The van der Waals surface area contributed by atoms with Crippen LogP contribution in [-0.2, 0) is 9.53 Å². The number of benzene rings is 1. The number of nitrogens with zero attached hydrogens (tertiary/aromatic N) is 1. The molecule has 118 valence electrons. The number of nitrogens with one attached hydrogen (secondary N) is 1. The third-order valence-corrected chi connectivity index (χ3v) is 3.07. The second kappa shape index (κ2) is 9.20. The first-order valence-corrected chi connectivity index (χ1v) is 7.14. The van der Waals surface area contributed by atoms with Gasteiger partial charge in [0, 0.05) is 24.9 Å². The summed E-state index contributed by atoms with van der Waals surface area (Å²) in [6.07, 6.45) is 0. The molecule has 0 aliphatic carbocycles. The summed E-state index contributed by atoms with van der Waals surface area (Å²) in [6, 6.07) is 5.15. The zero-order valence-corrected chi connectivity index (χ0v) is 13.0. The van der Waals surface area contributed by atoms with Crippen molar-refractivity contribution in [3.05, 3.63) is 18.2 Å². The molecule has 0 saturated carbocycles. The van der Waals surface area contributed by atoms with E-state index in [9.17, 15) is 4.79 Å². The van der Waals surface area contributed by atoms with Gasteiger partial charge in [-0.1, -0.05) is 6.92 Å². The molecular formula is C15H25N3O3. The van der Waals surface area contributed by atoms with Crippen molar-refractivity contribution in [1.82, 2.24) is 4.90 Å². The summed E-state index contributed by atoms with van der Waals surface area (Å²) >= 11 is 0. The normalized spacial score (nSPS) is 10.7. The predicted molar refractivity (Wildman–Crippen MR) is 84.6 cm³/mol. The van der Waals surface area contributed by atoms with E-state index in [0.29, 0.717) is 36.9 Å². The van der Waals surface area contributed by atoms with E-state index in [-0.39, 0.29) is 5.91 Å². The fourth-order valence-electron chi connectivity index (χ4n) is 1.89. The van der Waals surface area contributed by atoms with E-state index in [1.807, 2.05) is 18.7 Å². The lowest BCUT2D eigenvalue weighted by Gasteiger charge is -2.20. The lowest BCUT2D eigenvalue weighted by Crippen LogP contribution is -2.35. The first-order chi connectivity index (χ1) is 10.1. The summed E-state index contributed by atoms with van der Waals surface area (Å²) in [4.78, 5) is 14.1. The van der Waals surface area contributed by atoms with Gasteiger partial charge in [0.25, 0.3) is 0 Å². The Morgan fingerprint density at radius 2 is 2.14 bits per heavy atom. The number of hydrogen-bond donors (Lipinski definition) is 2. The summed E-state index contributed by atoms with van der Waals surface area (Å²) in [6.45, 7) is 7.13. The summed E-state index contributed by atoms with van der Waals surface area (Å²) < 4.78 is 10.5. The number of rotatable bonds is 9. The van der Waals surface area contributed by atoms with Crippen molar-refractivity contribution in [3.63, 3.8) is 0 Å². The van der Waals surface area contributed by atoms with Crippen LogP contribution < -0.4 is 15.8 Å². The first-order valence-electron chi connectivity index (χ1n) is 7.14. The lowest BCUT2D eigenvalue weighted by atomic mass is 10.2. The molecule has 0 atom stereocenters. The van der Waals surface area contributed by atoms with Crippen molar-refractivity contribution in [2.45, 2.75) is 13.8 Å². The number of methoxy groups -OCH3 is 1. The molecule has 0 aliphatic heterocycles. The highest BCUT2D eigenvalue weighted by Gasteiger charge is 2.11. The molecule has 1 amide bonds. The van der Waals surface area contributed by atoms with Crippen molar-refractivity contribution in [3.8, 4) is 5.75 Å². The Balaban J connectivity index is 2.56. The number of carbonyl (C=O) groups excluding carboxylic acids is 1. The van der Waals surface area contributed by atoms with Gasteiger partial charge in [0.15, 0.2) is 0 Å². The van der Waals surface area contributed by atoms with Crippen LogP contribution in [-0.4, -0.2) is 50.8 Å². The maximum absolute atomic E-state index is 12.1. The van der Waals surface area contributed by atoms with Gasteiger partial charge in [-0.25, -0.2) is 0 Å². The molecule has 0 heterocycles. The number of carbonyl (C=O) groups is 1. The largest absolute Gasteiger partial charge is 0.494 e. The second-order valence-corrected chi connectivity index (χ2v) is 4.57. The van der Waals surface area contributed by atoms with E-state index >= 15 is 0 Å². The van der Waals surface area contributed by atoms with Gasteiger partial charge in [-0.05, 0) is 25.6 Å². The zero-order chi connectivity index (χ0) is 15.7. The number of ether oxygens (including phenoxy) is 2. The second-order valence-electron chi connectivity index (χ2n) is 4.57. The highest BCUT2D eigenvalue weighted by molar-refractivity contribution is 5.94. The van der Waals surface area contributed by atoms with Crippen LogP contribution in [0.25, 0.3) is 0 Å². The Kier molecular flexibility index (Phi) is 7.56. The Labute approximate surface area is 126 Å². The van der Waals surface area contributed by atoms with E-state index in [1.54, 1.807) is 25.3 Å². The van der Waals surface area contributed by atoms with E-state index in [0.717, 1.165) is 13.1 Å². The number of amides is 1. The van der Waals surface area contributed by atoms with Gasteiger partial charge in [-0.15, -0.1) is 0 Å². The van der Waals surface area contributed by atoms with Gasteiger partial charge < -0.3 is 20.5 Å². The summed E-state index contributed by atoms with van der Waals surface area (Å²) in [5, 5.41) is 2.84. The van der Waals surface area contributed by atoms with Gasteiger partial charge in [0.2, 0.25) is 5.91 Å². The van der Waals surface area contributed by atoms with E-state index in [2.05, 4.69) is 5.32 Å². The number of anilines is 2. The van der Waals surface area contributed by atoms with Gasteiger partial charge in [-0.3, -0.25) is 9.69 Å². The van der Waals surface area contributed by atoms with Crippen LogP contribution in [0, 0.1) is 0 Å². The lowest BCUT2D eigenvalue weighted by molar-refractivity contribution is -0.117. The molecule has 1 aromatic carbocycles. The predicted octanol–water partition coefficient (Wildman–Crippen LogP) is 1.57. The molecule has 0 radical (unpaired) electrons. The Bertz CT molecular complexity index is 452. The molecule has 0 aliphatic rings. The van der Waals surface area contributed by atoms with Crippen molar-refractivity contribution in [2.75, 3.05) is 51.0 Å². The number of nitrogen functional groups attached to an aromatic ring is 1. The SMILES string of the molecule is CCOCCN(CC)CC(=O)Nc1ccc(N)cc1OC. The summed E-state index contributed by atoms with van der Waals surface area (Å²) in [5.74, 6) is 0.470. The zero-order valence-electron chi connectivity index (χ0n) is 13.0. The maximum atomic E-state index is 12.1. The Morgan fingerprint density at radius 3 is 2.76 bits per heavy atom. The monoisotopic (exact) mass is 295 g/mol. The molecular weight excluding hydrogens is 270 g/mol. The quantitative estimate of drug-likeness (QED) is 0.534. The van der Waals surface area contributed by atoms with E-state index in [4.69, 9.17) is 15.2 Å². The van der Waals surface area contributed by atoms with Crippen molar-refractivity contribution in [1.29, 1.82) is 0 Å². The molecule has 6 heteroatoms. The summed E-state index contributed by atoms with van der Waals surface area (Å²) in [5.41, 5.74) is 6.91. The Morgan fingerprint density at radius 1 is 1.38 bits per heavy atom. The van der Waals surface area contributed by atoms with Gasteiger partial charge in [0.05, 0.1) is 25.9 Å². The Hall–Kier alpha value is -1.79. The van der Waals surface area contributed by atoms with Crippen LogP contribution >= 0.6 is 0 Å². The van der Waals surface area contributed by atoms with Crippen molar-refractivity contribution in [2.24, 2.45) is 0 Å². The fourth-order valence-corrected chi connectivity index (χ4v) is 1.89. The van der Waals surface area contributed by atoms with Crippen molar-refractivity contribution >= 4 is 17.3 Å². The highest BCUT2D eigenvalue weighted by atomic mass is 16.5. The molecule has 21 heavy (non-hydrogen) atoms. The minimum atomic E-state index is -0.0866. The van der Waals surface area contributed by atoms with Crippen LogP contribution in [0.2, 0.25) is 0 Å². The smallest absolute Gasteiger partial charge is 0.238 e. The topological polar surface area (TPSA) is 76.8 Å². The molecule has 0 bridgehead atoms. The summed E-state index contributed by atoms with van der Waals surface area (Å²) in [7, 11) is 1.55. The number of nitrogens with two attached hydrogens (primary N) is 1. The molecule has 0 spiro atoms. The van der Waals surface area contributed by atoms with E-state index in [1.165, 1.54) is 0 Å². The minimum absolute atomic E-state index is 0.0866. The third-order valence-electron chi connectivity index (χ3n) is 3.07. The molecule has 0 aromatic heterocycles. The third kappa shape index (κ3) is 6.01. The number of hydrogen-bond acceptors (Lipinski definition) is 5. The van der Waals surface area contributed by atoms with Gasteiger partial charge >= 0.3 is 0 Å². The minimum Gasteiger partial charge on any atom is -0.494 e. The van der Waals surface area contributed by atoms with Crippen LogP contribution in [0.3, 0.4) is 0 Å². The van der Waals surface area contributed by atoms with Crippen LogP contribution in [0.5, 0.6) is 5.75 Å². The fraction of sp³-hybridized carbons (Fsp3) is 0.533. The first kappa shape index (κ1) is 17.3. The van der Waals surface area contributed by atoms with Crippen LogP contribution in [0.4, 0.5) is 11.4 Å². The highest BCUT2D eigenvalue weighted by Crippen LogP contribution is 2.26. The average Bonchev–Trinajstić information content (AvgIpc) is 2.48. The van der Waals surface area contributed by atoms with Crippen molar-refractivity contribution < 1.29 is 14.3 Å². The standard InChI is InChI=1S/C15H25N3O3/c1-4-18(8-9-21-5-2)11-15(19)17-13-7-6-12(16)10-14(13)20-3/h6-7,10H,4-5,8-9,11,16H2,1-3H3,(H,17,19). The number of likely N-dealkylation sites (N-methyl/N-ethyl adjacent to an activating group) is 1. The van der Waals surface area contributed by atoms with E-state index < -0.39 is 0 Å². The molecule has 0 unspecified atom stereocenters. The van der Waals surface area contributed by atoms with Crippen LogP contribution in [0.1, 0.15) is 13.8 Å². The molecule has 0 saturated heterocycles. The molecule has 0 fully saturated rings. The molecule has 3 N–H and O–H groups in total. The molecule has 6 nitrogen and oxygen atoms in total. The molecule has 1 aromatic rings. The molecule has 1 rings (SSSR count). The maximum Gasteiger partial charge on any atom is 0.238 e. The average molecular weight is 295 g/mol. The van der Waals surface area contributed by atoms with Crippen LogP contribution in [0.15, 0.2) is 18.2 Å². The van der Waals surface area contributed by atoms with Gasteiger partial charge in [-0.2, -0.15) is 0 Å². The van der Waals surface area contributed by atoms with Gasteiger partial charge in [0.1, 0.15) is 5.75 Å².